The Kier molecular flexibility index (Phi) is 3.84. The number of cyclic esters (lactones) is 1. The number of fused-ring (bicyclic) bond motifs is 3. The number of rotatable bonds is 3. The highest BCUT2D eigenvalue weighted by atomic mass is 16.5. The molecule has 5 atom stereocenters. The van der Waals surface area contributed by atoms with Gasteiger partial charge in [0.05, 0.1) is 18.3 Å². The van der Waals surface area contributed by atoms with Crippen molar-refractivity contribution in [3.63, 3.8) is 0 Å². The molecule has 1 aliphatic heterocycles. The molecule has 0 saturated heterocycles. The van der Waals surface area contributed by atoms with Gasteiger partial charge in [-0.3, -0.25) is 9.59 Å². The third-order valence-corrected chi connectivity index (χ3v) is 8.14. The Morgan fingerprint density at radius 2 is 2.03 bits per heavy atom. The summed E-state index contributed by atoms with van der Waals surface area (Å²) in [6.07, 6.45) is 3.12. The van der Waals surface area contributed by atoms with E-state index in [0.29, 0.717) is 48.1 Å². The van der Waals surface area contributed by atoms with Crippen LogP contribution in [0.25, 0.3) is 0 Å². The number of methoxy groups -OCH3 is 1. The Bertz CT molecular complexity index is 1060. The minimum Gasteiger partial charge on any atom is -0.501 e. The Labute approximate surface area is 175 Å². The smallest absolute Gasteiger partial charge is 0.342 e. The van der Waals surface area contributed by atoms with Crippen LogP contribution in [0.2, 0.25) is 0 Å². The van der Waals surface area contributed by atoms with Crippen molar-refractivity contribution in [2.75, 3.05) is 7.11 Å². The summed E-state index contributed by atoms with van der Waals surface area (Å²) in [5, 5.41) is 0. The molecule has 2 heterocycles. The van der Waals surface area contributed by atoms with Gasteiger partial charge in [-0.1, -0.05) is 20.4 Å². The van der Waals surface area contributed by atoms with E-state index >= 15 is 0 Å². The zero-order chi connectivity index (χ0) is 21.6. The maximum Gasteiger partial charge on any atom is 0.342 e. The lowest BCUT2D eigenvalue weighted by Crippen LogP contribution is -2.54. The molecule has 0 N–H and O–H groups in total. The molecule has 30 heavy (non-hydrogen) atoms. The van der Waals surface area contributed by atoms with Gasteiger partial charge in [0.25, 0.3) is 0 Å². The molecular weight excluding hydrogens is 384 g/mol. The van der Waals surface area contributed by atoms with Crippen molar-refractivity contribution in [1.82, 2.24) is 0 Å². The quantitative estimate of drug-likeness (QED) is 0.550. The van der Waals surface area contributed by atoms with Crippen molar-refractivity contribution in [2.24, 2.45) is 17.3 Å². The lowest BCUT2D eigenvalue weighted by Gasteiger charge is -2.52. The van der Waals surface area contributed by atoms with E-state index in [1.807, 2.05) is 20.8 Å². The van der Waals surface area contributed by atoms with Gasteiger partial charge in [0.1, 0.15) is 23.7 Å². The molecule has 0 radical (unpaired) electrons. The molecule has 1 fully saturated rings. The summed E-state index contributed by atoms with van der Waals surface area (Å²) < 4.78 is 17.1. The fourth-order valence-corrected chi connectivity index (χ4v) is 6.62. The molecule has 0 bridgehead atoms. The molecule has 6 heteroatoms. The highest BCUT2D eigenvalue weighted by Crippen LogP contribution is 2.63. The highest BCUT2D eigenvalue weighted by molar-refractivity contribution is 6.14. The van der Waals surface area contributed by atoms with Gasteiger partial charge in [-0.2, -0.15) is 0 Å². The van der Waals surface area contributed by atoms with Gasteiger partial charge in [0, 0.05) is 34.8 Å². The molecule has 0 spiro atoms. The molecule has 0 aromatic carbocycles. The number of Topliss-reactive ketones (excluding diaryl/α,β-unsaturated/α-hetero) is 2. The molecular formula is C24H26O6. The zero-order valence-electron chi connectivity index (χ0n) is 17.8. The van der Waals surface area contributed by atoms with Crippen LogP contribution in [0.5, 0.6) is 0 Å². The monoisotopic (exact) mass is 410 g/mol. The first-order valence-corrected chi connectivity index (χ1v) is 10.6. The number of esters is 1. The molecule has 4 aliphatic rings. The number of hydrogen-bond donors (Lipinski definition) is 0. The van der Waals surface area contributed by atoms with Crippen LogP contribution in [0.1, 0.15) is 72.9 Å². The predicted octanol–water partition coefficient (Wildman–Crippen LogP) is 4.14. The molecule has 5 rings (SSSR count). The summed E-state index contributed by atoms with van der Waals surface area (Å²) >= 11 is 0. The number of ketones is 2. The molecule has 1 aromatic rings. The average Bonchev–Trinajstić information content (AvgIpc) is 3.30. The molecule has 1 saturated carbocycles. The first kappa shape index (κ1) is 19.3. The third-order valence-electron chi connectivity index (χ3n) is 8.14. The second-order valence-corrected chi connectivity index (χ2v) is 9.37. The molecule has 1 aromatic heterocycles. The van der Waals surface area contributed by atoms with Crippen molar-refractivity contribution in [3.05, 3.63) is 46.6 Å². The van der Waals surface area contributed by atoms with Crippen LogP contribution in [0.4, 0.5) is 0 Å². The SMILES string of the molecule is C=C(OC)[C@@H]1C[C@]2(C)C(=O)CCC2C2=C1[C@]1(C)c3c(coc3C2=O)C(=O)O[C@@H]1CC. The van der Waals surface area contributed by atoms with E-state index in [9.17, 15) is 14.4 Å². The van der Waals surface area contributed by atoms with Crippen molar-refractivity contribution in [1.29, 1.82) is 0 Å². The van der Waals surface area contributed by atoms with Crippen LogP contribution >= 0.6 is 0 Å². The zero-order valence-corrected chi connectivity index (χ0v) is 17.8. The van der Waals surface area contributed by atoms with Gasteiger partial charge in [0.15, 0.2) is 5.76 Å². The minimum atomic E-state index is -0.733. The first-order valence-electron chi connectivity index (χ1n) is 10.6. The Morgan fingerprint density at radius 1 is 1.30 bits per heavy atom. The van der Waals surface area contributed by atoms with Crippen molar-refractivity contribution < 1.29 is 28.3 Å². The summed E-state index contributed by atoms with van der Waals surface area (Å²) in [6.45, 7) is 10.1. The Balaban J connectivity index is 1.86. The lowest BCUT2D eigenvalue weighted by atomic mass is 9.51. The van der Waals surface area contributed by atoms with Crippen LogP contribution in [-0.4, -0.2) is 30.7 Å². The highest BCUT2D eigenvalue weighted by Gasteiger charge is 2.63. The predicted molar refractivity (Wildman–Crippen MR) is 107 cm³/mol. The number of carbonyl (C=O) groups is 3. The van der Waals surface area contributed by atoms with Crippen molar-refractivity contribution >= 4 is 17.5 Å². The summed E-state index contributed by atoms with van der Waals surface area (Å²) in [7, 11) is 1.56. The number of furan rings is 1. The van der Waals surface area contributed by atoms with E-state index < -0.39 is 22.9 Å². The summed E-state index contributed by atoms with van der Waals surface area (Å²) in [4.78, 5) is 39.3. The van der Waals surface area contributed by atoms with E-state index in [1.54, 1.807) is 7.11 Å². The summed E-state index contributed by atoms with van der Waals surface area (Å²) in [6, 6.07) is 0. The van der Waals surface area contributed by atoms with Gasteiger partial charge in [-0.15, -0.1) is 0 Å². The first-order chi connectivity index (χ1) is 14.2. The van der Waals surface area contributed by atoms with Gasteiger partial charge in [-0.25, -0.2) is 4.79 Å². The molecule has 1 unspecified atom stereocenters. The largest absolute Gasteiger partial charge is 0.501 e. The molecule has 0 amide bonds. The van der Waals surface area contributed by atoms with Crippen LogP contribution in [0.15, 0.2) is 34.2 Å². The number of hydrogen-bond acceptors (Lipinski definition) is 6. The van der Waals surface area contributed by atoms with Crippen molar-refractivity contribution in [3.8, 4) is 0 Å². The number of ether oxygens (including phenoxy) is 2. The maximum atomic E-state index is 13.8. The van der Waals surface area contributed by atoms with Crippen LogP contribution in [-0.2, 0) is 19.7 Å². The molecule has 158 valence electrons. The van der Waals surface area contributed by atoms with Gasteiger partial charge in [0.2, 0.25) is 5.78 Å². The van der Waals surface area contributed by atoms with E-state index in [0.717, 1.165) is 5.57 Å². The molecule has 3 aliphatic carbocycles. The second-order valence-electron chi connectivity index (χ2n) is 9.37. The summed E-state index contributed by atoms with van der Waals surface area (Å²) in [5.74, 6) is -0.249. The third kappa shape index (κ3) is 2.02. The normalized spacial score (nSPS) is 36.8. The van der Waals surface area contributed by atoms with Gasteiger partial charge in [-0.05, 0) is 31.8 Å². The van der Waals surface area contributed by atoms with E-state index in [-0.39, 0.29) is 29.2 Å². The van der Waals surface area contributed by atoms with Gasteiger partial charge >= 0.3 is 5.97 Å². The lowest BCUT2D eigenvalue weighted by molar-refractivity contribution is -0.127. The van der Waals surface area contributed by atoms with Gasteiger partial charge < -0.3 is 13.9 Å². The fraction of sp³-hybridized carbons (Fsp3) is 0.542. The number of allylic oxidation sites excluding steroid dienone is 2. The maximum absolute atomic E-state index is 13.8. The standard InChI is InChI=1S/C24H26O6/c1-6-16-24(4)18-12(11(2)28-5)9-23(3)14(7-8-15(23)25)17(18)20(26)21-19(24)13(10-29-21)22(27)30-16/h10,12,14,16H,2,6-9H2,1,3-5H3/t12-,14?,16+,23-,24+/m0/s1. The number of carbonyl (C=O) groups excluding carboxylic acids is 3. The van der Waals surface area contributed by atoms with E-state index in [4.69, 9.17) is 13.9 Å². The van der Waals surface area contributed by atoms with E-state index in [2.05, 4.69) is 6.58 Å². The van der Waals surface area contributed by atoms with Crippen LogP contribution in [0.3, 0.4) is 0 Å². The Hall–Kier alpha value is -2.63. The topological polar surface area (TPSA) is 82.8 Å². The average molecular weight is 410 g/mol. The Morgan fingerprint density at radius 3 is 2.70 bits per heavy atom. The fourth-order valence-electron chi connectivity index (χ4n) is 6.62. The summed E-state index contributed by atoms with van der Waals surface area (Å²) in [5.41, 5.74) is 1.10. The molecule has 6 nitrogen and oxygen atoms in total. The van der Waals surface area contributed by atoms with Crippen LogP contribution in [0, 0.1) is 17.3 Å². The van der Waals surface area contributed by atoms with E-state index in [1.165, 1.54) is 6.26 Å². The van der Waals surface area contributed by atoms with Crippen LogP contribution < -0.4 is 0 Å². The minimum absolute atomic E-state index is 0.179. The van der Waals surface area contributed by atoms with Crippen molar-refractivity contribution in [2.45, 2.75) is 58.0 Å². The second kappa shape index (κ2) is 5.96.